The Labute approximate surface area is 93.1 Å². The van der Waals surface area contributed by atoms with Gasteiger partial charge in [-0.05, 0) is 13.3 Å². The summed E-state index contributed by atoms with van der Waals surface area (Å²) in [6.45, 7) is 4.23. The SMILES string of the molecule is CCC(C)NC(CO)c1ncc(Cl)s1. The summed E-state index contributed by atoms with van der Waals surface area (Å²) >= 11 is 7.18. The van der Waals surface area contributed by atoms with E-state index in [0.717, 1.165) is 11.4 Å². The second kappa shape index (κ2) is 5.66. The predicted octanol–water partition coefficient (Wildman–Crippen LogP) is 2.22. The summed E-state index contributed by atoms with van der Waals surface area (Å²) in [5.41, 5.74) is 0. The van der Waals surface area contributed by atoms with Crippen LogP contribution in [0.2, 0.25) is 4.34 Å². The minimum Gasteiger partial charge on any atom is -0.394 e. The van der Waals surface area contributed by atoms with Crippen LogP contribution < -0.4 is 5.32 Å². The molecule has 1 rings (SSSR count). The molecule has 80 valence electrons. The molecule has 1 aromatic heterocycles. The Kier molecular flexibility index (Phi) is 4.81. The maximum Gasteiger partial charge on any atom is 0.113 e. The van der Waals surface area contributed by atoms with Crippen LogP contribution in [0.5, 0.6) is 0 Å². The maximum absolute atomic E-state index is 9.19. The Morgan fingerprint density at radius 1 is 1.71 bits per heavy atom. The lowest BCUT2D eigenvalue weighted by atomic mass is 10.2. The third-order valence-corrected chi connectivity index (χ3v) is 3.30. The first-order chi connectivity index (χ1) is 6.67. The summed E-state index contributed by atoms with van der Waals surface area (Å²) in [5, 5.41) is 13.3. The number of aliphatic hydroxyl groups excluding tert-OH is 1. The van der Waals surface area contributed by atoms with Crippen molar-refractivity contribution < 1.29 is 5.11 Å². The van der Waals surface area contributed by atoms with Crippen LogP contribution in [0, 0.1) is 0 Å². The second-order valence-electron chi connectivity index (χ2n) is 3.21. The Morgan fingerprint density at radius 2 is 2.43 bits per heavy atom. The molecule has 2 N–H and O–H groups in total. The van der Waals surface area contributed by atoms with Crippen molar-refractivity contribution in [2.45, 2.75) is 32.4 Å². The van der Waals surface area contributed by atoms with Crippen LogP contribution in [-0.2, 0) is 0 Å². The van der Waals surface area contributed by atoms with Gasteiger partial charge in [-0.15, -0.1) is 11.3 Å². The zero-order valence-electron chi connectivity index (χ0n) is 8.33. The molecule has 2 unspecified atom stereocenters. The van der Waals surface area contributed by atoms with E-state index in [-0.39, 0.29) is 12.6 Å². The highest BCUT2D eigenvalue weighted by atomic mass is 35.5. The monoisotopic (exact) mass is 234 g/mol. The number of aromatic nitrogens is 1. The van der Waals surface area contributed by atoms with Gasteiger partial charge in [0.1, 0.15) is 9.34 Å². The van der Waals surface area contributed by atoms with Crippen LogP contribution in [0.4, 0.5) is 0 Å². The van der Waals surface area contributed by atoms with E-state index in [0.29, 0.717) is 10.4 Å². The van der Waals surface area contributed by atoms with Gasteiger partial charge in [0.25, 0.3) is 0 Å². The molecule has 0 bridgehead atoms. The van der Waals surface area contributed by atoms with Gasteiger partial charge in [0, 0.05) is 6.04 Å². The molecular formula is C9H15ClN2OS. The van der Waals surface area contributed by atoms with Gasteiger partial charge in [-0.2, -0.15) is 0 Å². The highest BCUT2D eigenvalue weighted by molar-refractivity contribution is 7.15. The van der Waals surface area contributed by atoms with Gasteiger partial charge in [-0.25, -0.2) is 4.98 Å². The number of nitrogens with zero attached hydrogens (tertiary/aromatic N) is 1. The van der Waals surface area contributed by atoms with E-state index in [1.807, 2.05) is 0 Å². The van der Waals surface area contributed by atoms with Crippen molar-refractivity contribution in [1.29, 1.82) is 0 Å². The molecule has 0 saturated heterocycles. The van der Waals surface area contributed by atoms with E-state index >= 15 is 0 Å². The lowest BCUT2D eigenvalue weighted by Crippen LogP contribution is -2.32. The predicted molar refractivity (Wildman–Crippen MR) is 59.8 cm³/mol. The molecule has 0 aliphatic carbocycles. The number of aliphatic hydroxyl groups is 1. The van der Waals surface area contributed by atoms with Gasteiger partial charge in [0.05, 0.1) is 18.8 Å². The molecule has 3 nitrogen and oxygen atoms in total. The van der Waals surface area contributed by atoms with Crippen molar-refractivity contribution in [3.05, 3.63) is 15.5 Å². The van der Waals surface area contributed by atoms with Gasteiger partial charge in [-0.3, -0.25) is 0 Å². The standard InChI is InChI=1S/C9H15ClN2OS/c1-3-6(2)12-7(5-13)9-11-4-8(10)14-9/h4,6-7,12-13H,3,5H2,1-2H3. The van der Waals surface area contributed by atoms with Crippen molar-refractivity contribution in [1.82, 2.24) is 10.3 Å². The molecule has 0 aromatic carbocycles. The van der Waals surface area contributed by atoms with Crippen LogP contribution in [0.3, 0.4) is 0 Å². The molecule has 0 aliphatic rings. The number of hydrogen-bond donors (Lipinski definition) is 2. The molecule has 2 atom stereocenters. The topological polar surface area (TPSA) is 45.1 Å². The fraction of sp³-hybridized carbons (Fsp3) is 0.667. The molecule has 0 radical (unpaired) electrons. The van der Waals surface area contributed by atoms with Crippen molar-refractivity contribution in [3.63, 3.8) is 0 Å². The number of nitrogens with one attached hydrogen (secondary N) is 1. The van der Waals surface area contributed by atoms with Crippen LogP contribution in [0.15, 0.2) is 6.20 Å². The van der Waals surface area contributed by atoms with Crippen LogP contribution in [-0.4, -0.2) is 22.7 Å². The van der Waals surface area contributed by atoms with Crippen molar-refractivity contribution in [2.75, 3.05) is 6.61 Å². The summed E-state index contributed by atoms with van der Waals surface area (Å²) in [7, 11) is 0. The molecule has 1 aromatic rings. The molecule has 0 amide bonds. The third-order valence-electron chi connectivity index (χ3n) is 2.07. The normalized spacial score (nSPS) is 15.4. The molecule has 1 heterocycles. The van der Waals surface area contributed by atoms with Crippen molar-refractivity contribution in [2.24, 2.45) is 0 Å². The third kappa shape index (κ3) is 3.20. The molecule has 0 aliphatic heterocycles. The van der Waals surface area contributed by atoms with E-state index in [4.69, 9.17) is 11.6 Å². The summed E-state index contributed by atoms with van der Waals surface area (Å²) in [6.07, 6.45) is 2.64. The zero-order valence-corrected chi connectivity index (χ0v) is 9.90. The van der Waals surface area contributed by atoms with E-state index in [9.17, 15) is 5.11 Å². The minimum atomic E-state index is -0.0950. The van der Waals surface area contributed by atoms with Gasteiger partial charge in [-0.1, -0.05) is 18.5 Å². The second-order valence-corrected chi connectivity index (χ2v) is 4.91. The molecule has 14 heavy (non-hydrogen) atoms. The Bertz CT molecular complexity index is 280. The summed E-state index contributed by atoms with van der Waals surface area (Å²) < 4.78 is 0.657. The number of halogens is 1. The summed E-state index contributed by atoms with van der Waals surface area (Å²) in [5.74, 6) is 0. The molecule has 0 fully saturated rings. The van der Waals surface area contributed by atoms with E-state index < -0.39 is 0 Å². The average Bonchev–Trinajstić information content (AvgIpc) is 2.60. The maximum atomic E-state index is 9.19. The number of rotatable bonds is 5. The highest BCUT2D eigenvalue weighted by Gasteiger charge is 2.15. The zero-order chi connectivity index (χ0) is 10.6. The lowest BCUT2D eigenvalue weighted by Gasteiger charge is -2.18. The van der Waals surface area contributed by atoms with Crippen LogP contribution in [0.1, 0.15) is 31.3 Å². The Hall–Kier alpha value is -0.160. The van der Waals surface area contributed by atoms with Gasteiger partial charge in [0.2, 0.25) is 0 Å². The first-order valence-electron chi connectivity index (χ1n) is 4.65. The molecule has 5 heteroatoms. The molecule has 0 spiro atoms. The fourth-order valence-corrected chi connectivity index (χ4v) is 2.07. The largest absolute Gasteiger partial charge is 0.394 e. The van der Waals surface area contributed by atoms with E-state index in [1.54, 1.807) is 6.20 Å². The van der Waals surface area contributed by atoms with Crippen molar-refractivity contribution >= 4 is 22.9 Å². The fourth-order valence-electron chi connectivity index (χ4n) is 1.09. The van der Waals surface area contributed by atoms with Gasteiger partial charge in [0.15, 0.2) is 0 Å². The van der Waals surface area contributed by atoms with E-state index in [2.05, 4.69) is 24.1 Å². The van der Waals surface area contributed by atoms with E-state index in [1.165, 1.54) is 11.3 Å². The minimum absolute atomic E-state index is 0.0498. The lowest BCUT2D eigenvalue weighted by molar-refractivity contribution is 0.234. The summed E-state index contributed by atoms with van der Waals surface area (Å²) in [6, 6.07) is 0.275. The first-order valence-corrected chi connectivity index (χ1v) is 5.85. The van der Waals surface area contributed by atoms with Crippen LogP contribution in [0.25, 0.3) is 0 Å². The van der Waals surface area contributed by atoms with Crippen molar-refractivity contribution in [3.8, 4) is 0 Å². The summed E-state index contributed by atoms with van der Waals surface area (Å²) in [4.78, 5) is 4.14. The van der Waals surface area contributed by atoms with Gasteiger partial charge < -0.3 is 10.4 Å². The first kappa shape index (κ1) is 11.9. The quantitative estimate of drug-likeness (QED) is 0.821. The smallest absolute Gasteiger partial charge is 0.113 e. The Morgan fingerprint density at radius 3 is 2.86 bits per heavy atom. The molecule has 0 saturated carbocycles. The Balaban J connectivity index is 2.62. The average molecular weight is 235 g/mol. The molecular weight excluding hydrogens is 220 g/mol. The number of hydrogen-bond acceptors (Lipinski definition) is 4. The van der Waals surface area contributed by atoms with Gasteiger partial charge >= 0.3 is 0 Å². The number of thiazole rings is 1. The van der Waals surface area contributed by atoms with Crippen LogP contribution >= 0.6 is 22.9 Å². The highest BCUT2D eigenvalue weighted by Crippen LogP contribution is 2.24.